The molecular weight excluding hydrogens is 248 g/mol. The van der Waals surface area contributed by atoms with Crippen LogP contribution in [0.15, 0.2) is 18.2 Å². The van der Waals surface area contributed by atoms with E-state index in [-0.39, 0.29) is 6.04 Å². The number of hydrogen-bond donors (Lipinski definition) is 1. The van der Waals surface area contributed by atoms with Crippen LogP contribution in [0.25, 0.3) is 0 Å². The van der Waals surface area contributed by atoms with Crippen molar-refractivity contribution < 1.29 is 13.5 Å². The van der Waals surface area contributed by atoms with E-state index in [1.54, 1.807) is 6.07 Å². The molecule has 0 aliphatic carbocycles. The van der Waals surface area contributed by atoms with Gasteiger partial charge in [0.15, 0.2) is 11.6 Å². The van der Waals surface area contributed by atoms with Crippen LogP contribution in [0.2, 0.25) is 0 Å². The molecule has 1 N–H and O–H groups in total. The minimum atomic E-state index is -0.815. The summed E-state index contributed by atoms with van der Waals surface area (Å²) in [7, 11) is 0. The molecule has 0 radical (unpaired) electrons. The number of nitrogens with one attached hydrogen (secondary N) is 1. The second-order valence-electron chi connectivity index (χ2n) is 5.08. The van der Waals surface area contributed by atoms with Crippen LogP contribution in [0.5, 0.6) is 0 Å². The summed E-state index contributed by atoms with van der Waals surface area (Å²) < 4.78 is 32.6. The van der Waals surface area contributed by atoms with E-state index >= 15 is 0 Å². The summed E-state index contributed by atoms with van der Waals surface area (Å²) in [6, 6.07) is 3.95. The van der Waals surface area contributed by atoms with Crippen LogP contribution in [-0.4, -0.2) is 19.8 Å². The zero-order valence-corrected chi connectivity index (χ0v) is 11.9. The molecule has 19 heavy (non-hydrogen) atoms. The van der Waals surface area contributed by atoms with Gasteiger partial charge in [0.1, 0.15) is 0 Å². The molecule has 1 atom stereocenters. The second-order valence-corrected chi connectivity index (χ2v) is 5.08. The molecule has 4 heteroatoms. The van der Waals surface area contributed by atoms with E-state index < -0.39 is 11.6 Å². The van der Waals surface area contributed by atoms with Crippen LogP contribution in [0, 0.1) is 17.6 Å². The quantitative estimate of drug-likeness (QED) is 0.778. The van der Waals surface area contributed by atoms with Crippen LogP contribution in [0.3, 0.4) is 0 Å². The van der Waals surface area contributed by atoms with Crippen LogP contribution < -0.4 is 5.32 Å². The summed E-state index contributed by atoms with van der Waals surface area (Å²) >= 11 is 0. The first-order valence-corrected chi connectivity index (χ1v) is 6.81. The first-order chi connectivity index (χ1) is 9.06. The zero-order valence-electron chi connectivity index (χ0n) is 11.9. The van der Waals surface area contributed by atoms with Crippen molar-refractivity contribution in [3.05, 3.63) is 35.4 Å². The van der Waals surface area contributed by atoms with Crippen molar-refractivity contribution in [2.75, 3.05) is 19.8 Å². The van der Waals surface area contributed by atoms with Gasteiger partial charge in [-0.2, -0.15) is 0 Å². The molecule has 0 aliphatic rings. The fourth-order valence-electron chi connectivity index (χ4n) is 1.79. The third-order valence-corrected chi connectivity index (χ3v) is 2.73. The smallest absolute Gasteiger partial charge is 0.163 e. The summed E-state index contributed by atoms with van der Waals surface area (Å²) in [6.45, 7) is 7.83. The Morgan fingerprint density at radius 1 is 1.21 bits per heavy atom. The van der Waals surface area contributed by atoms with E-state index in [0.29, 0.717) is 24.7 Å². The Balaban J connectivity index is 2.74. The molecule has 1 aromatic carbocycles. The summed E-state index contributed by atoms with van der Waals surface area (Å²) in [4.78, 5) is 0. The molecule has 0 saturated heterocycles. The molecular formula is C15H23F2NO. The maximum Gasteiger partial charge on any atom is 0.163 e. The monoisotopic (exact) mass is 271 g/mol. The van der Waals surface area contributed by atoms with E-state index in [9.17, 15) is 8.78 Å². The first-order valence-electron chi connectivity index (χ1n) is 6.81. The highest BCUT2D eigenvalue weighted by molar-refractivity contribution is 5.22. The highest BCUT2D eigenvalue weighted by atomic mass is 19.2. The Hall–Kier alpha value is -1.00. The Bertz CT molecular complexity index is 382. The molecule has 0 aliphatic heterocycles. The van der Waals surface area contributed by atoms with Gasteiger partial charge in [-0.25, -0.2) is 8.78 Å². The molecule has 1 rings (SSSR count). The van der Waals surface area contributed by atoms with E-state index in [0.717, 1.165) is 19.0 Å². The highest BCUT2D eigenvalue weighted by Gasteiger charge is 2.18. The van der Waals surface area contributed by atoms with E-state index in [1.165, 1.54) is 6.07 Å². The van der Waals surface area contributed by atoms with Gasteiger partial charge in [-0.05, 0) is 24.9 Å². The highest BCUT2D eigenvalue weighted by Crippen LogP contribution is 2.20. The van der Waals surface area contributed by atoms with Gasteiger partial charge in [0.05, 0.1) is 12.6 Å². The summed E-state index contributed by atoms with van der Waals surface area (Å²) in [5, 5.41) is 3.20. The first kappa shape index (κ1) is 16.1. The average molecular weight is 271 g/mol. The van der Waals surface area contributed by atoms with E-state index in [1.807, 2.05) is 6.92 Å². The maximum absolute atomic E-state index is 13.8. The van der Waals surface area contributed by atoms with Crippen molar-refractivity contribution in [1.82, 2.24) is 5.32 Å². The molecule has 0 saturated carbocycles. The molecule has 1 unspecified atom stereocenters. The molecule has 0 amide bonds. The standard InChI is InChI=1S/C15H23F2NO/c1-4-8-18-14(10-19-9-11(2)3)12-6-5-7-13(16)15(12)17/h5-7,11,14,18H,4,8-10H2,1-3H3. The van der Waals surface area contributed by atoms with Gasteiger partial charge in [0.2, 0.25) is 0 Å². The summed E-state index contributed by atoms with van der Waals surface area (Å²) in [6.07, 6.45) is 0.928. The molecule has 0 aromatic heterocycles. The van der Waals surface area contributed by atoms with Gasteiger partial charge < -0.3 is 10.1 Å². The van der Waals surface area contributed by atoms with Crippen molar-refractivity contribution in [2.45, 2.75) is 33.2 Å². The van der Waals surface area contributed by atoms with Crippen LogP contribution in [-0.2, 0) is 4.74 Å². The average Bonchev–Trinajstić information content (AvgIpc) is 2.37. The number of halogens is 2. The van der Waals surface area contributed by atoms with Gasteiger partial charge in [0, 0.05) is 12.2 Å². The van der Waals surface area contributed by atoms with Gasteiger partial charge in [-0.1, -0.05) is 32.9 Å². The fourth-order valence-corrected chi connectivity index (χ4v) is 1.79. The molecule has 0 fully saturated rings. The lowest BCUT2D eigenvalue weighted by atomic mass is 10.1. The largest absolute Gasteiger partial charge is 0.379 e. The zero-order chi connectivity index (χ0) is 14.3. The fraction of sp³-hybridized carbons (Fsp3) is 0.600. The van der Waals surface area contributed by atoms with Crippen molar-refractivity contribution >= 4 is 0 Å². The Morgan fingerprint density at radius 3 is 2.58 bits per heavy atom. The predicted octanol–water partition coefficient (Wildman–Crippen LogP) is 3.68. The third kappa shape index (κ3) is 5.25. The van der Waals surface area contributed by atoms with Crippen molar-refractivity contribution in [1.29, 1.82) is 0 Å². The Kier molecular flexibility index (Phi) is 6.95. The van der Waals surface area contributed by atoms with Crippen molar-refractivity contribution in [3.8, 4) is 0 Å². The topological polar surface area (TPSA) is 21.3 Å². The lowest BCUT2D eigenvalue weighted by molar-refractivity contribution is 0.0891. The number of benzene rings is 1. The van der Waals surface area contributed by atoms with Gasteiger partial charge in [-0.3, -0.25) is 0 Å². The third-order valence-electron chi connectivity index (χ3n) is 2.73. The molecule has 2 nitrogen and oxygen atoms in total. The van der Waals surface area contributed by atoms with E-state index in [4.69, 9.17) is 4.74 Å². The SMILES string of the molecule is CCCNC(COCC(C)C)c1cccc(F)c1F. The van der Waals surface area contributed by atoms with Crippen LogP contribution in [0.4, 0.5) is 8.78 Å². The Morgan fingerprint density at radius 2 is 1.95 bits per heavy atom. The Labute approximate surface area is 114 Å². The van der Waals surface area contributed by atoms with Crippen LogP contribution >= 0.6 is 0 Å². The molecule has 1 aromatic rings. The lowest BCUT2D eigenvalue weighted by Gasteiger charge is -2.20. The van der Waals surface area contributed by atoms with Crippen molar-refractivity contribution in [3.63, 3.8) is 0 Å². The lowest BCUT2D eigenvalue weighted by Crippen LogP contribution is -2.28. The van der Waals surface area contributed by atoms with E-state index in [2.05, 4.69) is 19.2 Å². The van der Waals surface area contributed by atoms with Gasteiger partial charge in [0.25, 0.3) is 0 Å². The van der Waals surface area contributed by atoms with Crippen molar-refractivity contribution in [2.24, 2.45) is 5.92 Å². The van der Waals surface area contributed by atoms with Gasteiger partial charge >= 0.3 is 0 Å². The number of rotatable bonds is 8. The van der Waals surface area contributed by atoms with Gasteiger partial charge in [-0.15, -0.1) is 0 Å². The molecule has 0 heterocycles. The number of hydrogen-bond acceptors (Lipinski definition) is 2. The predicted molar refractivity (Wildman–Crippen MR) is 73.0 cm³/mol. The van der Waals surface area contributed by atoms with Crippen LogP contribution in [0.1, 0.15) is 38.8 Å². The molecule has 0 spiro atoms. The minimum Gasteiger partial charge on any atom is -0.379 e. The number of ether oxygens (including phenoxy) is 1. The normalized spacial score (nSPS) is 12.9. The minimum absolute atomic E-state index is 0.311. The second kappa shape index (κ2) is 8.23. The summed E-state index contributed by atoms with van der Waals surface area (Å²) in [5.74, 6) is -1.18. The molecule has 0 bridgehead atoms. The maximum atomic E-state index is 13.8. The summed E-state index contributed by atoms with van der Waals surface area (Å²) in [5.41, 5.74) is 0.331. The molecule has 108 valence electrons.